The van der Waals surface area contributed by atoms with E-state index in [4.69, 9.17) is 27.9 Å². The maximum absolute atomic E-state index is 13.0. The third-order valence-corrected chi connectivity index (χ3v) is 8.39. The van der Waals surface area contributed by atoms with Crippen LogP contribution in [0.5, 0.6) is 5.75 Å². The number of phenolic OH excluding ortho intramolecular Hbond substituents is 1. The SMILES string of the molecule is CCN(CC)CCN(CCNCCc1ccc(O)c2[nH]c(=O)sc12)C(=O)CCOCCc1c(Cl)cccc1Cl. The molecule has 0 spiro atoms. The molecule has 39 heavy (non-hydrogen) atoms. The van der Waals surface area contributed by atoms with Crippen LogP contribution in [0.2, 0.25) is 10.0 Å². The van der Waals surface area contributed by atoms with Crippen LogP contribution in [0.15, 0.2) is 35.1 Å². The quantitative estimate of drug-likeness (QED) is 0.198. The van der Waals surface area contributed by atoms with E-state index in [1.165, 1.54) is 0 Å². The Kier molecular flexibility index (Phi) is 13.0. The van der Waals surface area contributed by atoms with Crippen molar-refractivity contribution in [3.8, 4) is 5.75 Å². The molecule has 0 saturated carbocycles. The predicted octanol–water partition coefficient (Wildman–Crippen LogP) is 4.55. The third-order valence-electron chi connectivity index (χ3n) is 6.72. The molecule has 2 aromatic carbocycles. The van der Waals surface area contributed by atoms with Gasteiger partial charge < -0.3 is 29.9 Å². The summed E-state index contributed by atoms with van der Waals surface area (Å²) in [6.45, 7) is 10.3. The van der Waals surface area contributed by atoms with Gasteiger partial charge in [-0.2, -0.15) is 0 Å². The Morgan fingerprint density at radius 2 is 1.77 bits per heavy atom. The summed E-state index contributed by atoms with van der Waals surface area (Å²) in [6.07, 6.45) is 1.61. The van der Waals surface area contributed by atoms with E-state index in [1.807, 2.05) is 29.2 Å². The number of ether oxygens (including phenoxy) is 1. The van der Waals surface area contributed by atoms with Gasteiger partial charge in [0.15, 0.2) is 0 Å². The highest BCUT2D eigenvalue weighted by Crippen LogP contribution is 2.28. The Hall–Kier alpha value is -2.14. The van der Waals surface area contributed by atoms with E-state index in [0.717, 1.165) is 46.8 Å². The number of benzene rings is 2. The van der Waals surface area contributed by atoms with Crippen molar-refractivity contribution in [2.24, 2.45) is 0 Å². The van der Waals surface area contributed by atoms with Crippen molar-refractivity contribution in [3.63, 3.8) is 0 Å². The number of nitrogens with zero attached hydrogens (tertiary/aromatic N) is 2. The van der Waals surface area contributed by atoms with E-state index in [2.05, 4.69) is 29.0 Å². The molecule has 0 radical (unpaired) electrons. The van der Waals surface area contributed by atoms with E-state index in [1.54, 1.807) is 6.07 Å². The maximum Gasteiger partial charge on any atom is 0.305 e. The minimum absolute atomic E-state index is 0.0667. The van der Waals surface area contributed by atoms with Gasteiger partial charge in [0.05, 0.1) is 24.3 Å². The monoisotopic (exact) mass is 596 g/mol. The number of thiazole rings is 1. The number of phenols is 1. The van der Waals surface area contributed by atoms with E-state index < -0.39 is 0 Å². The van der Waals surface area contributed by atoms with Crippen molar-refractivity contribution in [2.45, 2.75) is 33.1 Å². The molecule has 0 aliphatic carbocycles. The molecule has 3 N–H and O–H groups in total. The molecular formula is C28H38Cl2N4O4S. The molecule has 3 rings (SSSR count). The third kappa shape index (κ3) is 9.48. The van der Waals surface area contributed by atoms with Crippen LogP contribution in [-0.4, -0.2) is 84.8 Å². The van der Waals surface area contributed by atoms with Crippen LogP contribution in [0.3, 0.4) is 0 Å². The molecule has 0 unspecified atom stereocenters. The fraction of sp³-hybridized carbons (Fsp3) is 0.500. The standard InChI is InChI=1S/C28H38Cl2N4O4S/c1-3-33(4-2)16-17-34(25(36)12-19-38-18-11-21-22(29)6-5-7-23(21)30)15-14-31-13-10-20-8-9-24(35)26-27(20)39-28(37)32-26/h5-9,31,35H,3-4,10-19H2,1-2H3,(H,32,37). The van der Waals surface area contributed by atoms with E-state index >= 15 is 0 Å². The van der Waals surface area contributed by atoms with Crippen LogP contribution in [0.1, 0.15) is 31.4 Å². The summed E-state index contributed by atoms with van der Waals surface area (Å²) in [5, 5.41) is 14.6. The number of carbonyl (C=O) groups is 1. The molecule has 8 nitrogen and oxygen atoms in total. The Morgan fingerprint density at radius 1 is 1.03 bits per heavy atom. The molecule has 0 atom stereocenters. The van der Waals surface area contributed by atoms with E-state index in [-0.39, 0.29) is 16.5 Å². The van der Waals surface area contributed by atoms with Crippen molar-refractivity contribution in [1.29, 1.82) is 0 Å². The van der Waals surface area contributed by atoms with Gasteiger partial charge in [-0.15, -0.1) is 0 Å². The number of hydrogen-bond donors (Lipinski definition) is 3. The van der Waals surface area contributed by atoms with Gasteiger partial charge in [0, 0.05) is 36.2 Å². The van der Waals surface area contributed by atoms with Gasteiger partial charge in [-0.05, 0) is 61.8 Å². The zero-order valence-electron chi connectivity index (χ0n) is 22.6. The molecule has 0 saturated heterocycles. The van der Waals surface area contributed by atoms with Gasteiger partial charge in [-0.1, -0.05) is 60.5 Å². The van der Waals surface area contributed by atoms with E-state index in [9.17, 15) is 14.7 Å². The van der Waals surface area contributed by atoms with Gasteiger partial charge in [0.2, 0.25) is 5.91 Å². The summed E-state index contributed by atoms with van der Waals surface area (Å²) in [4.78, 5) is 31.5. The number of fused-ring (bicyclic) bond motifs is 1. The van der Waals surface area contributed by atoms with Crippen molar-refractivity contribution in [2.75, 3.05) is 59.0 Å². The molecule has 1 aromatic heterocycles. The normalized spacial score (nSPS) is 11.5. The van der Waals surface area contributed by atoms with Crippen molar-refractivity contribution in [1.82, 2.24) is 20.1 Å². The first-order valence-electron chi connectivity index (χ1n) is 13.4. The molecule has 0 bridgehead atoms. The van der Waals surface area contributed by atoms with Crippen LogP contribution >= 0.6 is 34.5 Å². The number of carbonyl (C=O) groups excluding carboxylic acids is 1. The second-order valence-corrected chi connectivity index (χ2v) is 11.0. The largest absolute Gasteiger partial charge is 0.506 e. The van der Waals surface area contributed by atoms with Crippen LogP contribution in [0.4, 0.5) is 0 Å². The number of aromatic amines is 1. The molecule has 1 amide bonds. The summed E-state index contributed by atoms with van der Waals surface area (Å²) in [6, 6.07) is 8.89. The van der Waals surface area contributed by atoms with Gasteiger partial charge in [0.25, 0.3) is 0 Å². The number of amides is 1. The van der Waals surface area contributed by atoms with Gasteiger partial charge >= 0.3 is 4.87 Å². The molecule has 214 valence electrons. The summed E-state index contributed by atoms with van der Waals surface area (Å²) in [5.74, 6) is 0.149. The molecular weight excluding hydrogens is 559 g/mol. The fourth-order valence-corrected chi connectivity index (χ4v) is 5.84. The maximum atomic E-state index is 13.0. The summed E-state index contributed by atoms with van der Waals surface area (Å²) in [5.41, 5.74) is 2.36. The number of hydrogen-bond acceptors (Lipinski definition) is 7. The number of halogens is 2. The molecule has 0 aliphatic rings. The lowest BCUT2D eigenvalue weighted by Crippen LogP contribution is -2.42. The lowest BCUT2D eigenvalue weighted by Gasteiger charge is -2.27. The molecule has 1 heterocycles. The lowest BCUT2D eigenvalue weighted by molar-refractivity contribution is -0.132. The first-order valence-corrected chi connectivity index (χ1v) is 15.0. The van der Waals surface area contributed by atoms with Gasteiger partial charge in [0.1, 0.15) is 11.3 Å². The minimum Gasteiger partial charge on any atom is -0.506 e. The number of nitrogens with one attached hydrogen (secondary N) is 2. The smallest absolute Gasteiger partial charge is 0.305 e. The average molecular weight is 598 g/mol. The van der Waals surface area contributed by atoms with Gasteiger partial charge in [-0.3, -0.25) is 9.59 Å². The number of likely N-dealkylation sites (N-methyl/N-ethyl adjacent to an activating group) is 1. The van der Waals surface area contributed by atoms with Gasteiger partial charge in [-0.25, -0.2) is 0 Å². The number of H-pyrrole nitrogens is 1. The predicted molar refractivity (Wildman–Crippen MR) is 161 cm³/mol. The zero-order valence-corrected chi connectivity index (χ0v) is 24.9. The van der Waals surface area contributed by atoms with Crippen LogP contribution in [0, 0.1) is 0 Å². The first kappa shape index (κ1) is 31.4. The van der Waals surface area contributed by atoms with Crippen molar-refractivity contribution in [3.05, 3.63) is 61.2 Å². The second-order valence-electron chi connectivity index (χ2n) is 9.18. The van der Waals surface area contributed by atoms with Crippen molar-refractivity contribution < 1.29 is 14.6 Å². The second kappa shape index (κ2) is 16.2. The average Bonchev–Trinajstić information content (AvgIpc) is 3.32. The Labute approximate surface area is 243 Å². The lowest BCUT2D eigenvalue weighted by atomic mass is 10.1. The van der Waals surface area contributed by atoms with Crippen molar-refractivity contribution >= 4 is 50.7 Å². The fourth-order valence-electron chi connectivity index (χ4n) is 4.36. The highest BCUT2D eigenvalue weighted by atomic mass is 35.5. The molecule has 0 aliphatic heterocycles. The Balaban J connectivity index is 1.45. The first-order chi connectivity index (χ1) is 18.8. The Bertz CT molecular complexity index is 1240. The summed E-state index contributed by atoms with van der Waals surface area (Å²) in [7, 11) is 0. The topological polar surface area (TPSA) is 97.9 Å². The summed E-state index contributed by atoms with van der Waals surface area (Å²) >= 11 is 13.6. The Morgan fingerprint density at radius 3 is 2.49 bits per heavy atom. The molecule has 0 fully saturated rings. The highest BCUT2D eigenvalue weighted by molar-refractivity contribution is 7.16. The number of aromatic hydroxyl groups is 1. The highest BCUT2D eigenvalue weighted by Gasteiger charge is 2.15. The minimum atomic E-state index is -0.181. The van der Waals surface area contributed by atoms with Crippen LogP contribution < -0.4 is 10.2 Å². The number of aromatic nitrogens is 1. The summed E-state index contributed by atoms with van der Waals surface area (Å²) < 4.78 is 6.53. The van der Waals surface area contributed by atoms with Crippen LogP contribution in [-0.2, 0) is 22.4 Å². The molecule has 11 heteroatoms. The van der Waals surface area contributed by atoms with E-state index in [0.29, 0.717) is 74.2 Å². The zero-order chi connectivity index (χ0) is 28.2. The number of rotatable bonds is 17. The molecule has 3 aromatic rings. The van der Waals surface area contributed by atoms with Crippen LogP contribution in [0.25, 0.3) is 10.2 Å².